The van der Waals surface area contributed by atoms with E-state index < -0.39 is 28.0 Å². The number of aryl methyl sites for hydroxylation is 1. The fourth-order valence-electron chi connectivity index (χ4n) is 3.82. The number of para-hydroxylation sites is 1. The molecule has 2 unspecified atom stereocenters. The van der Waals surface area contributed by atoms with Crippen molar-refractivity contribution >= 4 is 15.7 Å². The van der Waals surface area contributed by atoms with Gasteiger partial charge in [0.15, 0.2) is 6.10 Å². The van der Waals surface area contributed by atoms with Crippen molar-refractivity contribution in [2.24, 2.45) is 5.92 Å². The first-order chi connectivity index (χ1) is 20.1. The summed E-state index contributed by atoms with van der Waals surface area (Å²) in [6.07, 6.45) is -1.20. The lowest BCUT2D eigenvalue weighted by atomic mass is 10.2. The number of hydrogen-bond acceptors (Lipinski definition) is 7. The number of nitrogens with one attached hydrogen (secondary N) is 2. The van der Waals surface area contributed by atoms with Crippen molar-refractivity contribution in [2.45, 2.75) is 52.4 Å². The molecule has 0 saturated heterocycles. The van der Waals surface area contributed by atoms with Crippen molar-refractivity contribution in [1.29, 1.82) is 0 Å². The average molecular weight is 599 g/mol. The molecule has 1 amide bonds. The highest BCUT2D eigenvalue weighted by atomic mass is 32.2. The lowest BCUT2D eigenvalue weighted by Gasteiger charge is -2.20. The Morgan fingerprint density at radius 3 is 2.07 bits per heavy atom. The normalized spacial score (nSPS) is 12.5. The number of benzene rings is 3. The van der Waals surface area contributed by atoms with Gasteiger partial charge in [-0.2, -0.15) is 0 Å². The minimum Gasteiger partial charge on any atom is -0.497 e. The molecule has 0 bridgehead atoms. The molecule has 0 fully saturated rings. The van der Waals surface area contributed by atoms with Crippen molar-refractivity contribution in [1.82, 2.24) is 10.6 Å². The molecule has 3 aromatic carbocycles. The molecular weight excluding hydrogens is 552 g/mol. The Balaban J connectivity index is 0.000000766. The fourth-order valence-corrected chi connectivity index (χ4v) is 5.42. The number of carbonyl (C=O) groups excluding carboxylic acids is 1. The largest absolute Gasteiger partial charge is 0.497 e. The summed E-state index contributed by atoms with van der Waals surface area (Å²) >= 11 is 0. The molecule has 0 radical (unpaired) electrons. The third-order valence-electron chi connectivity index (χ3n) is 6.31. The van der Waals surface area contributed by atoms with Crippen molar-refractivity contribution in [3.63, 3.8) is 0 Å². The molecule has 0 aliphatic carbocycles. The van der Waals surface area contributed by atoms with Gasteiger partial charge in [-0.3, -0.25) is 4.79 Å². The number of carbonyl (C=O) groups is 1. The summed E-state index contributed by atoms with van der Waals surface area (Å²) in [6, 6.07) is 26.7. The van der Waals surface area contributed by atoms with Crippen molar-refractivity contribution in [3.05, 3.63) is 96.1 Å². The smallest absolute Gasteiger partial charge is 0.261 e. The predicted octanol–water partition coefficient (Wildman–Crippen LogP) is 4.56. The second-order valence-electron chi connectivity index (χ2n) is 10.6. The first-order valence-electron chi connectivity index (χ1n) is 14.3. The molecule has 8 nitrogen and oxygen atoms in total. The van der Waals surface area contributed by atoms with Crippen LogP contribution >= 0.6 is 0 Å². The van der Waals surface area contributed by atoms with E-state index in [4.69, 9.17) is 9.47 Å². The molecule has 0 heterocycles. The molecule has 3 aromatic rings. The molecule has 9 heteroatoms. The van der Waals surface area contributed by atoms with Crippen LogP contribution in [0.25, 0.3) is 0 Å². The SMILES string of the molecule is COc1cccc(CNCC(O)CNC(=O)C(CCS(=O)(=O)CCC(C)C)Oc2ccccc2)c1.Cc1ccccc1. The van der Waals surface area contributed by atoms with E-state index in [2.05, 4.69) is 29.7 Å². The lowest BCUT2D eigenvalue weighted by Crippen LogP contribution is -2.44. The second-order valence-corrected chi connectivity index (χ2v) is 12.9. The van der Waals surface area contributed by atoms with Crippen molar-refractivity contribution < 1.29 is 27.8 Å². The summed E-state index contributed by atoms with van der Waals surface area (Å²) in [7, 11) is -1.69. The number of sulfone groups is 1. The Bertz CT molecular complexity index is 1270. The van der Waals surface area contributed by atoms with E-state index in [-0.39, 0.29) is 36.9 Å². The Kier molecular flexibility index (Phi) is 15.7. The molecule has 0 aromatic heterocycles. The van der Waals surface area contributed by atoms with E-state index in [1.54, 1.807) is 31.4 Å². The van der Waals surface area contributed by atoms with Gasteiger partial charge < -0.3 is 25.2 Å². The van der Waals surface area contributed by atoms with E-state index >= 15 is 0 Å². The van der Waals surface area contributed by atoms with Crippen LogP contribution in [0.3, 0.4) is 0 Å². The first-order valence-corrected chi connectivity index (χ1v) is 16.1. The molecule has 0 spiro atoms. The minimum absolute atomic E-state index is 0.0126. The van der Waals surface area contributed by atoms with Crippen LogP contribution < -0.4 is 20.1 Å². The Morgan fingerprint density at radius 1 is 0.857 bits per heavy atom. The Labute approximate surface area is 251 Å². The predicted molar refractivity (Wildman–Crippen MR) is 168 cm³/mol. The number of aliphatic hydroxyl groups is 1. The zero-order valence-corrected chi connectivity index (χ0v) is 26.0. The van der Waals surface area contributed by atoms with Crippen molar-refractivity contribution in [3.8, 4) is 11.5 Å². The van der Waals surface area contributed by atoms with Gasteiger partial charge in [-0.05, 0) is 49.1 Å². The molecule has 0 aliphatic heterocycles. The molecule has 0 aliphatic rings. The topological polar surface area (TPSA) is 114 Å². The van der Waals surface area contributed by atoms with Gasteiger partial charge in [-0.1, -0.05) is 80.1 Å². The van der Waals surface area contributed by atoms with Crippen molar-refractivity contribution in [2.75, 3.05) is 31.7 Å². The Morgan fingerprint density at radius 2 is 1.48 bits per heavy atom. The van der Waals surface area contributed by atoms with E-state index in [9.17, 15) is 18.3 Å². The van der Waals surface area contributed by atoms with Gasteiger partial charge in [0.25, 0.3) is 5.91 Å². The number of amides is 1. The highest BCUT2D eigenvalue weighted by molar-refractivity contribution is 7.91. The van der Waals surface area contributed by atoms with Crippen LogP contribution in [0.4, 0.5) is 0 Å². The maximum absolute atomic E-state index is 12.8. The molecule has 230 valence electrons. The van der Waals surface area contributed by atoms with Gasteiger partial charge in [0, 0.05) is 26.1 Å². The summed E-state index contributed by atoms with van der Waals surface area (Å²) in [5.41, 5.74) is 2.33. The highest BCUT2D eigenvalue weighted by Gasteiger charge is 2.24. The zero-order chi connectivity index (χ0) is 30.8. The van der Waals surface area contributed by atoms with Gasteiger partial charge in [0.05, 0.1) is 24.7 Å². The quantitative estimate of drug-likeness (QED) is 0.222. The number of hydrogen-bond donors (Lipinski definition) is 3. The Hall–Kier alpha value is -3.40. The van der Waals surface area contributed by atoms with Gasteiger partial charge in [0.1, 0.15) is 21.3 Å². The van der Waals surface area contributed by atoms with Gasteiger partial charge in [-0.25, -0.2) is 8.42 Å². The van der Waals surface area contributed by atoms with Gasteiger partial charge >= 0.3 is 0 Å². The maximum Gasteiger partial charge on any atom is 0.261 e. The molecule has 3 N–H and O–H groups in total. The zero-order valence-electron chi connectivity index (χ0n) is 25.2. The summed E-state index contributed by atoms with van der Waals surface area (Å²) in [5.74, 6) is 1.00. The minimum atomic E-state index is -3.30. The third-order valence-corrected chi connectivity index (χ3v) is 8.02. The number of ether oxygens (including phenoxy) is 2. The van der Waals surface area contributed by atoms with Crippen LogP contribution in [0.15, 0.2) is 84.9 Å². The van der Waals surface area contributed by atoms with E-state index in [0.29, 0.717) is 18.7 Å². The summed E-state index contributed by atoms with van der Waals surface area (Å²) < 4.78 is 35.8. The fraction of sp³-hybridized carbons (Fsp3) is 0.424. The first kappa shape index (κ1) is 34.8. The molecule has 0 saturated carbocycles. The summed E-state index contributed by atoms with van der Waals surface area (Å²) in [4.78, 5) is 12.8. The number of rotatable bonds is 16. The van der Waals surface area contributed by atoms with Crippen LogP contribution in [0, 0.1) is 12.8 Å². The van der Waals surface area contributed by atoms with Crippen LogP contribution in [0.5, 0.6) is 11.5 Å². The summed E-state index contributed by atoms with van der Waals surface area (Å²) in [6.45, 7) is 6.85. The van der Waals surface area contributed by atoms with E-state index in [1.807, 2.05) is 62.4 Å². The highest BCUT2D eigenvalue weighted by Crippen LogP contribution is 2.15. The van der Waals surface area contributed by atoms with E-state index in [1.165, 1.54) is 5.56 Å². The average Bonchev–Trinajstić information content (AvgIpc) is 2.98. The van der Waals surface area contributed by atoms with Crippen LogP contribution in [0.1, 0.15) is 37.8 Å². The van der Waals surface area contributed by atoms with Crippen LogP contribution in [0.2, 0.25) is 0 Å². The molecule has 3 rings (SSSR count). The number of aliphatic hydroxyl groups excluding tert-OH is 1. The maximum atomic E-state index is 12.8. The van der Waals surface area contributed by atoms with Crippen LogP contribution in [-0.2, 0) is 21.2 Å². The van der Waals surface area contributed by atoms with Gasteiger partial charge in [-0.15, -0.1) is 0 Å². The summed E-state index contributed by atoms with van der Waals surface area (Å²) in [5, 5.41) is 16.1. The second kappa shape index (κ2) is 18.9. The number of methoxy groups -OCH3 is 1. The molecular formula is C33H46N2O6S. The monoisotopic (exact) mass is 598 g/mol. The molecule has 42 heavy (non-hydrogen) atoms. The van der Waals surface area contributed by atoms with E-state index in [0.717, 1.165) is 11.3 Å². The lowest BCUT2D eigenvalue weighted by molar-refractivity contribution is -0.128. The molecule has 2 atom stereocenters. The van der Waals surface area contributed by atoms with Gasteiger partial charge in [0.2, 0.25) is 0 Å². The third kappa shape index (κ3) is 15.0. The standard InChI is InChI=1S/C26H38N2O6S.C7H8/c1-20(2)12-14-35(31,32)15-13-25(34-23-9-5-4-6-10-23)26(30)28-19-22(29)18-27-17-21-8-7-11-24(16-21)33-3;1-7-5-3-2-4-6-7/h4-11,16,20,22,25,27,29H,12-15,17-19H2,1-3H3,(H,28,30);2-6H,1H3. The van der Waals surface area contributed by atoms with Crippen LogP contribution in [-0.4, -0.2) is 63.3 Å².